The van der Waals surface area contributed by atoms with E-state index < -0.39 is 6.03 Å². The van der Waals surface area contributed by atoms with Gasteiger partial charge in [-0.25, -0.2) is 9.78 Å². The molecular formula is C18H29IN6O3S. The van der Waals surface area contributed by atoms with Crippen LogP contribution in [-0.4, -0.2) is 48.5 Å². The fourth-order valence-electron chi connectivity index (χ4n) is 3.00. The number of amides is 4. The lowest BCUT2D eigenvalue weighted by molar-refractivity contribution is -0.119. The molecule has 11 heteroatoms. The number of thiazole rings is 1. The third-order valence-corrected chi connectivity index (χ3v) is 6.14. The summed E-state index contributed by atoms with van der Waals surface area (Å²) in [4.78, 5) is 40.6. The van der Waals surface area contributed by atoms with Crippen LogP contribution in [0.2, 0.25) is 0 Å². The van der Waals surface area contributed by atoms with E-state index in [9.17, 15) is 14.4 Å². The summed E-state index contributed by atoms with van der Waals surface area (Å²) in [5.74, 6) is -0.325. The number of halogens is 1. The van der Waals surface area contributed by atoms with Crippen LogP contribution in [0.5, 0.6) is 0 Å². The van der Waals surface area contributed by atoms with Crippen molar-refractivity contribution in [3.05, 3.63) is 10.6 Å². The monoisotopic (exact) mass is 536 g/mol. The Morgan fingerprint density at radius 1 is 1.17 bits per heavy atom. The largest absolute Gasteiger partial charge is 0.338 e. The first-order chi connectivity index (χ1) is 14.0. The molecule has 0 fully saturated rings. The van der Waals surface area contributed by atoms with Crippen molar-refractivity contribution < 1.29 is 14.4 Å². The fraction of sp³-hybridized carbons (Fsp3) is 0.667. The van der Waals surface area contributed by atoms with Gasteiger partial charge in [0.05, 0.1) is 35.1 Å². The van der Waals surface area contributed by atoms with E-state index in [1.807, 2.05) is 0 Å². The molecule has 0 aromatic carbocycles. The highest BCUT2D eigenvalue weighted by atomic mass is 127. The highest BCUT2D eigenvalue weighted by Gasteiger charge is 2.22. The third-order valence-electron chi connectivity index (χ3n) is 4.50. The molecule has 29 heavy (non-hydrogen) atoms. The summed E-state index contributed by atoms with van der Waals surface area (Å²) in [6.45, 7) is 3.51. The van der Waals surface area contributed by atoms with Gasteiger partial charge >= 0.3 is 6.03 Å². The van der Waals surface area contributed by atoms with Gasteiger partial charge < -0.3 is 21.3 Å². The number of carbonyl (C=O) groups is 3. The third kappa shape index (κ3) is 8.83. The average Bonchev–Trinajstić information content (AvgIpc) is 3.11. The number of carbonyl (C=O) groups excluding carboxylic acids is 3. The molecule has 0 bridgehead atoms. The standard InChI is InChI=1S/C18H29IN6O3S/c1-2-8-20-12-6-7-13-14(10-12)29-18(23-13)24-16(27)11-22-17(28)21-9-4-3-5-15(26)25-19/h12,20H,2-11H2,1H3,(H,25,26)(H2,21,22,28)(H,23,24,27)/t12-/m0/s1. The van der Waals surface area contributed by atoms with Gasteiger partial charge in [-0.05, 0) is 45.1 Å². The molecule has 0 saturated heterocycles. The zero-order chi connectivity index (χ0) is 21.1. The first kappa shape index (κ1) is 23.8. The molecule has 2 rings (SSSR count). The first-order valence-electron chi connectivity index (χ1n) is 9.94. The first-order valence-corrected chi connectivity index (χ1v) is 11.8. The summed E-state index contributed by atoms with van der Waals surface area (Å²) >= 11 is 3.32. The Labute approximate surface area is 189 Å². The number of rotatable bonds is 11. The van der Waals surface area contributed by atoms with E-state index in [1.165, 1.54) is 16.2 Å². The lowest BCUT2D eigenvalue weighted by atomic mass is 9.98. The Bertz CT molecular complexity index is 699. The van der Waals surface area contributed by atoms with Crippen LogP contribution in [0.25, 0.3) is 0 Å². The normalized spacial score (nSPS) is 15.3. The summed E-state index contributed by atoms with van der Waals surface area (Å²) in [6.07, 6.45) is 5.87. The van der Waals surface area contributed by atoms with E-state index in [1.54, 1.807) is 22.9 Å². The predicted octanol–water partition coefficient (Wildman–Crippen LogP) is 1.87. The van der Waals surface area contributed by atoms with Crippen molar-refractivity contribution in [2.45, 2.75) is 57.9 Å². The Hall–Kier alpha value is -1.47. The molecule has 0 aliphatic heterocycles. The van der Waals surface area contributed by atoms with Gasteiger partial charge in [0.2, 0.25) is 11.8 Å². The van der Waals surface area contributed by atoms with Crippen LogP contribution in [0, 0.1) is 0 Å². The highest BCUT2D eigenvalue weighted by molar-refractivity contribution is 14.1. The van der Waals surface area contributed by atoms with Gasteiger partial charge in [-0.1, -0.05) is 6.92 Å². The summed E-state index contributed by atoms with van der Waals surface area (Å²) < 4.78 is 2.52. The number of nitrogens with one attached hydrogen (secondary N) is 5. The second kappa shape index (κ2) is 13.0. The van der Waals surface area contributed by atoms with Crippen LogP contribution in [0.3, 0.4) is 0 Å². The smallest absolute Gasteiger partial charge is 0.315 e. The maximum Gasteiger partial charge on any atom is 0.315 e. The summed E-state index contributed by atoms with van der Waals surface area (Å²) in [7, 11) is 0. The van der Waals surface area contributed by atoms with Crippen LogP contribution in [-0.2, 0) is 22.4 Å². The zero-order valence-corrected chi connectivity index (χ0v) is 19.6. The fourth-order valence-corrected chi connectivity index (χ4v) is 4.37. The van der Waals surface area contributed by atoms with E-state index >= 15 is 0 Å². The van der Waals surface area contributed by atoms with Crippen LogP contribution in [0.15, 0.2) is 0 Å². The molecule has 1 aromatic heterocycles. The summed E-state index contributed by atoms with van der Waals surface area (Å²) in [5, 5.41) is 12.1. The molecule has 5 N–H and O–H groups in total. The number of aryl methyl sites for hydroxylation is 1. The van der Waals surface area contributed by atoms with Crippen LogP contribution < -0.4 is 24.8 Å². The van der Waals surface area contributed by atoms with Crippen molar-refractivity contribution in [3.8, 4) is 0 Å². The maximum absolute atomic E-state index is 12.1. The van der Waals surface area contributed by atoms with Gasteiger partial charge in [-0.15, -0.1) is 11.3 Å². The van der Waals surface area contributed by atoms with E-state index in [-0.39, 0.29) is 18.4 Å². The molecule has 162 valence electrons. The lowest BCUT2D eigenvalue weighted by Gasteiger charge is -2.21. The second-order valence-corrected chi connectivity index (χ2v) is 8.54. The number of anilines is 1. The molecular weight excluding hydrogens is 507 g/mol. The van der Waals surface area contributed by atoms with Crippen molar-refractivity contribution >= 4 is 57.2 Å². The molecule has 1 atom stereocenters. The van der Waals surface area contributed by atoms with Gasteiger partial charge in [0, 0.05) is 23.9 Å². The van der Waals surface area contributed by atoms with Crippen molar-refractivity contribution in [2.24, 2.45) is 0 Å². The molecule has 1 aliphatic carbocycles. The van der Waals surface area contributed by atoms with Gasteiger partial charge in [0.1, 0.15) is 0 Å². The van der Waals surface area contributed by atoms with Gasteiger partial charge in [0.15, 0.2) is 5.13 Å². The molecule has 0 saturated carbocycles. The summed E-state index contributed by atoms with van der Waals surface area (Å²) in [6, 6.07) is 0.0783. The SMILES string of the molecule is CCCN[C@H]1CCc2nc(NC(=O)CNC(=O)NCCCCC(=O)NI)sc2C1. The molecule has 0 radical (unpaired) electrons. The molecule has 1 aromatic rings. The predicted molar refractivity (Wildman–Crippen MR) is 122 cm³/mol. The number of hydrogen-bond donors (Lipinski definition) is 5. The summed E-state index contributed by atoms with van der Waals surface area (Å²) in [5.41, 5.74) is 1.07. The quantitative estimate of drug-likeness (QED) is 0.168. The Morgan fingerprint density at radius 2 is 2.00 bits per heavy atom. The topological polar surface area (TPSA) is 124 Å². The van der Waals surface area contributed by atoms with E-state index in [0.29, 0.717) is 37.0 Å². The molecule has 0 unspecified atom stereocenters. The van der Waals surface area contributed by atoms with Gasteiger partial charge in [0.25, 0.3) is 0 Å². The van der Waals surface area contributed by atoms with Gasteiger partial charge in [-0.2, -0.15) is 0 Å². The van der Waals surface area contributed by atoms with E-state index in [0.717, 1.165) is 37.9 Å². The number of hydrogen-bond acceptors (Lipinski definition) is 6. The Morgan fingerprint density at radius 3 is 2.76 bits per heavy atom. The van der Waals surface area contributed by atoms with Crippen LogP contribution in [0.1, 0.15) is 49.6 Å². The van der Waals surface area contributed by atoms with Crippen molar-refractivity contribution in [3.63, 3.8) is 0 Å². The molecule has 1 heterocycles. The zero-order valence-electron chi connectivity index (χ0n) is 16.6. The number of urea groups is 1. The van der Waals surface area contributed by atoms with Crippen LogP contribution >= 0.6 is 34.2 Å². The molecule has 4 amide bonds. The number of nitrogens with zero attached hydrogens (tertiary/aromatic N) is 1. The number of fused-ring (bicyclic) bond motifs is 1. The maximum atomic E-state index is 12.1. The van der Waals surface area contributed by atoms with Crippen molar-refractivity contribution in [2.75, 3.05) is 25.0 Å². The van der Waals surface area contributed by atoms with E-state index in [4.69, 9.17) is 0 Å². The highest BCUT2D eigenvalue weighted by Crippen LogP contribution is 2.29. The molecule has 9 nitrogen and oxygen atoms in total. The minimum Gasteiger partial charge on any atom is -0.338 e. The van der Waals surface area contributed by atoms with Crippen molar-refractivity contribution in [1.82, 2.24) is 24.5 Å². The number of aromatic nitrogens is 1. The second-order valence-electron chi connectivity index (χ2n) is 6.92. The number of unbranched alkanes of at least 4 members (excludes halogenated alkanes) is 1. The molecule has 1 aliphatic rings. The molecule has 0 spiro atoms. The lowest BCUT2D eigenvalue weighted by Crippen LogP contribution is -2.40. The Kier molecular flexibility index (Phi) is 10.6. The average molecular weight is 536 g/mol. The van der Waals surface area contributed by atoms with Crippen molar-refractivity contribution in [1.29, 1.82) is 0 Å². The van der Waals surface area contributed by atoms with E-state index in [2.05, 4.69) is 36.7 Å². The minimum absolute atomic E-state index is 0.0247. The minimum atomic E-state index is -0.401. The van der Waals surface area contributed by atoms with Crippen LogP contribution in [0.4, 0.5) is 9.93 Å². The van der Waals surface area contributed by atoms with Gasteiger partial charge in [-0.3, -0.25) is 13.1 Å². The Balaban J connectivity index is 1.64.